The number of halogens is 1. The summed E-state index contributed by atoms with van der Waals surface area (Å²) in [5, 5.41) is 3.42. The molecular formula is C16H20ClN3O2. The summed E-state index contributed by atoms with van der Waals surface area (Å²) < 4.78 is 0. The monoisotopic (exact) mass is 321 g/mol. The number of carbonyl (C=O) groups excluding carboxylic acids is 2. The van der Waals surface area contributed by atoms with E-state index in [-0.39, 0.29) is 24.2 Å². The molecule has 0 unspecified atom stereocenters. The van der Waals surface area contributed by atoms with Crippen molar-refractivity contribution in [2.45, 2.75) is 0 Å². The SMILES string of the molecule is Cl.O=C1c2ccccc2C(=O)N1CCN1C[C@H]2CNC[C@H]2C1. The molecule has 1 aromatic rings. The minimum atomic E-state index is -0.142. The lowest BCUT2D eigenvalue weighted by molar-refractivity contribution is 0.0639. The molecule has 0 radical (unpaired) electrons. The van der Waals surface area contributed by atoms with Crippen LogP contribution in [0.3, 0.4) is 0 Å². The quantitative estimate of drug-likeness (QED) is 0.839. The second kappa shape index (κ2) is 5.99. The van der Waals surface area contributed by atoms with Crippen LogP contribution in [0.1, 0.15) is 20.7 Å². The number of hydrogen-bond donors (Lipinski definition) is 1. The Labute approximate surface area is 136 Å². The molecule has 3 aliphatic rings. The first-order valence-corrected chi connectivity index (χ1v) is 7.62. The summed E-state index contributed by atoms with van der Waals surface area (Å²) in [6, 6.07) is 7.09. The number of carbonyl (C=O) groups is 2. The second-order valence-electron chi connectivity index (χ2n) is 6.25. The van der Waals surface area contributed by atoms with Crippen LogP contribution in [0, 0.1) is 11.8 Å². The molecule has 4 rings (SSSR count). The number of benzene rings is 1. The van der Waals surface area contributed by atoms with Gasteiger partial charge in [-0.2, -0.15) is 0 Å². The third-order valence-electron chi connectivity index (χ3n) is 4.98. The van der Waals surface area contributed by atoms with E-state index >= 15 is 0 Å². The number of likely N-dealkylation sites (tertiary alicyclic amines) is 1. The Kier molecular flexibility index (Phi) is 4.21. The van der Waals surface area contributed by atoms with Crippen molar-refractivity contribution in [2.24, 2.45) is 11.8 Å². The van der Waals surface area contributed by atoms with Crippen molar-refractivity contribution in [3.63, 3.8) is 0 Å². The van der Waals surface area contributed by atoms with Gasteiger partial charge in [-0.05, 0) is 37.1 Å². The number of fused-ring (bicyclic) bond motifs is 2. The van der Waals surface area contributed by atoms with Gasteiger partial charge < -0.3 is 10.2 Å². The van der Waals surface area contributed by atoms with E-state index < -0.39 is 0 Å². The molecule has 2 atom stereocenters. The summed E-state index contributed by atoms with van der Waals surface area (Å²) in [5.74, 6) is 1.20. The van der Waals surface area contributed by atoms with E-state index in [4.69, 9.17) is 0 Å². The average Bonchev–Trinajstić information content (AvgIpc) is 3.13. The average molecular weight is 322 g/mol. The van der Waals surface area contributed by atoms with Gasteiger partial charge in [0, 0.05) is 26.2 Å². The molecule has 2 fully saturated rings. The van der Waals surface area contributed by atoms with E-state index in [0.717, 1.165) is 44.6 Å². The van der Waals surface area contributed by atoms with Crippen LogP contribution in [0.25, 0.3) is 0 Å². The topological polar surface area (TPSA) is 52.7 Å². The highest BCUT2D eigenvalue weighted by Gasteiger charge is 2.38. The molecule has 0 aliphatic carbocycles. The highest BCUT2D eigenvalue weighted by molar-refractivity contribution is 6.21. The van der Waals surface area contributed by atoms with E-state index in [1.165, 1.54) is 4.90 Å². The molecule has 3 heterocycles. The Morgan fingerprint density at radius 1 is 0.955 bits per heavy atom. The van der Waals surface area contributed by atoms with Gasteiger partial charge in [-0.15, -0.1) is 12.4 Å². The van der Waals surface area contributed by atoms with Crippen molar-refractivity contribution in [1.29, 1.82) is 0 Å². The Morgan fingerprint density at radius 2 is 1.50 bits per heavy atom. The van der Waals surface area contributed by atoms with Crippen LogP contribution in [-0.2, 0) is 0 Å². The number of nitrogens with zero attached hydrogens (tertiary/aromatic N) is 2. The van der Waals surface area contributed by atoms with Crippen molar-refractivity contribution in [2.75, 3.05) is 39.3 Å². The molecule has 0 spiro atoms. The molecule has 5 nitrogen and oxygen atoms in total. The number of amides is 2. The third-order valence-corrected chi connectivity index (χ3v) is 4.98. The van der Waals surface area contributed by atoms with E-state index in [0.29, 0.717) is 17.7 Å². The van der Waals surface area contributed by atoms with Gasteiger partial charge in [-0.1, -0.05) is 12.1 Å². The summed E-state index contributed by atoms with van der Waals surface area (Å²) in [5.41, 5.74) is 1.09. The maximum absolute atomic E-state index is 12.3. The molecule has 3 aliphatic heterocycles. The van der Waals surface area contributed by atoms with Gasteiger partial charge >= 0.3 is 0 Å². The van der Waals surface area contributed by atoms with Gasteiger partial charge in [0.05, 0.1) is 11.1 Å². The molecule has 118 valence electrons. The van der Waals surface area contributed by atoms with Crippen LogP contribution < -0.4 is 5.32 Å². The first-order valence-electron chi connectivity index (χ1n) is 7.62. The van der Waals surface area contributed by atoms with E-state index in [1.54, 1.807) is 12.1 Å². The van der Waals surface area contributed by atoms with Crippen LogP contribution in [0.2, 0.25) is 0 Å². The minimum absolute atomic E-state index is 0. The fourth-order valence-corrected chi connectivity index (χ4v) is 3.82. The lowest BCUT2D eigenvalue weighted by atomic mass is 10.0. The minimum Gasteiger partial charge on any atom is -0.316 e. The van der Waals surface area contributed by atoms with Gasteiger partial charge in [0.25, 0.3) is 11.8 Å². The number of nitrogens with one attached hydrogen (secondary N) is 1. The van der Waals surface area contributed by atoms with Crippen LogP contribution in [-0.4, -0.2) is 60.9 Å². The zero-order chi connectivity index (χ0) is 14.4. The number of hydrogen-bond acceptors (Lipinski definition) is 4. The Hall–Kier alpha value is -1.43. The maximum atomic E-state index is 12.3. The molecule has 0 bridgehead atoms. The summed E-state index contributed by atoms with van der Waals surface area (Å²) >= 11 is 0. The Morgan fingerprint density at radius 3 is 2.05 bits per heavy atom. The first kappa shape index (κ1) is 15.5. The Balaban J connectivity index is 0.00000144. The van der Waals surface area contributed by atoms with Gasteiger partial charge in [0.2, 0.25) is 0 Å². The fraction of sp³-hybridized carbons (Fsp3) is 0.500. The van der Waals surface area contributed by atoms with Crippen LogP contribution in [0.15, 0.2) is 24.3 Å². The largest absolute Gasteiger partial charge is 0.316 e. The number of rotatable bonds is 3. The first-order chi connectivity index (χ1) is 10.2. The van der Waals surface area contributed by atoms with E-state index in [1.807, 2.05) is 12.1 Å². The van der Waals surface area contributed by atoms with Gasteiger partial charge in [0.1, 0.15) is 0 Å². The van der Waals surface area contributed by atoms with Crippen molar-refractivity contribution in [3.05, 3.63) is 35.4 Å². The van der Waals surface area contributed by atoms with Gasteiger partial charge in [-0.3, -0.25) is 14.5 Å². The zero-order valence-corrected chi connectivity index (χ0v) is 13.1. The van der Waals surface area contributed by atoms with Crippen molar-refractivity contribution < 1.29 is 9.59 Å². The normalized spacial score (nSPS) is 27.0. The van der Waals surface area contributed by atoms with E-state index in [9.17, 15) is 9.59 Å². The van der Waals surface area contributed by atoms with Crippen molar-refractivity contribution >= 4 is 24.2 Å². The van der Waals surface area contributed by atoms with Crippen LogP contribution >= 0.6 is 12.4 Å². The van der Waals surface area contributed by atoms with E-state index in [2.05, 4.69) is 10.2 Å². The molecule has 6 heteroatoms. The summed E-state index contributed by atoms with van der Waals surface area (Å²) in [6.45, 7) is 5.67. The van der Waals surface area contributed by atoms with Gasteiger partial charge in [0.15, 0.2) is 0 Å². The van der Waals surface area contributed by atoms with Crippen LogP contribution in [0.4, 0.5) is 0 Å². The van der Waals surface area contributed by atoms with Crippen molar-refractivity contribution in [3.8, 4) is 0 Å². The lowest BCUT2D eigenvalue weighted by Gasteiger charge is -2.20. The maximum Gasteiger partial charge on any atom is 0.261 e. The summed E-state index contributed by atoms with van der Waals surface area (Å²) in [6.07, 6.45) is 0. The summed E-state index contributed by atoms with van der Waals surface area (Å²) in [7, 11) is 0. The summed E-state index contributed by atoms with van der Waals surface area (Å²) in [4.78, 5) is 28.4. The predicted molar refractivity (Wildman–Crippen MR) is 85.3 cm³/mol. The standard InChI is InChI=1S/C16H19N3O2.ClH/c20-15-13-3-1-2-4-14(13)16(21)19(15)6-5-18-9-11-7-17-8-12(11)10-18;/h1-4,11-12,17H,5-10H2;1H/t11-,12+;. The molecule has 22 heavy (non-hydrogen) atoms. The highest BCUT2D eigenvalue weighted by Crippen LogP contribution is 2.27. The molecule has 0 aromatic heterocycles. The zero-order valence-electron chi connectivity index (χ0n) is 12.3. The highest BCUT2D eigenvalue weighted by atomic mass is 35.5. The fourth-order valence-electron chi connectivity index (χ4n) is 3.82. The Bertz CT molecular complexity index is 560. The van der Waals surface area contributed by atoms with Crippen LogP contribution in [0.5, 0.6) is 0 Å². The molecule has 1 aromatic carbocycles. The molecular weight excluding hydrogens is 302 g/mol. The molecule has 0 saturated carbocycles. The molecule has 1 N–H and O–H groups in total. The lowest BCUT2D eigenvalue weighted by Crippen LogP contribution is -2.38. The second-order valence-corrected chi connectivity index (χ2v) is 6.25. The third kappa shape index (κ3) is 2.43. The smallest absolute Gasteiger partial charge is 0.261 e. The van der Waals surface area contributed by atoms with Crippen molar-refractivity contribution in [1.82, 2.24) is 15.1 Å². The van der Waals surface area contributed by atoms with Gasteiger partial charge in [-0.25, -0.2) is 0 Å². The molecule has 2 amide bonds. The number of imide groups is 1. The molecule has 2 saturated heterocycles. The predicted octanol–water partition coefficient (Wildman–Crippen LogP) is 0.856.